The number of amides is 1. The first-order valence-electron chi connectivity index (χ1n) is 4.39. The minimum Gasteiger partial charge on any atom is -0.396 e. The molecule has 0 radical (unpaired) electrons. The van der Waals surface area contributed by atoms with E-state index in [4.69, 9.17) is 5.11 Å². The Morgan fingerprint density at radius 3 is 2.79 bits per heavy atom. The van der Waals surface area contributed by atoms with Gasteiger partial charge in [0.1, 0.15) is 0 Å². The Kier molecular flexibility index (Phi) is 4.89. The molecule has 0 fully saturated rings. The maximum Gasteiger partial charge on any atom is 0.224 e. The topological polar surface area (TPSA) is 49.3 Å². The lowest BCUT2D eigenvalue weighted by Gasteiger charge is -2.05. The van der Waals surface area contributed by atoms with Crippen LogP contribution in [0.5, 0.6) is 0 Å². The molecule has 1 aromatic carbocycles. The molecule has 0 spiro atoms. The Morgan fingerprint density at radius 2 is 2.14 bits per heavy atom. The van der Waals surface area contributed by atoms with E-state index in [1.807, 2.05) is 24.3 Å². The van der Waals surface area contributed by atoms with Crippen LogP contribution in [0.15, 0.2) is 24.3 Å². The van der Waals surface area contributed by atoms with Gasteiger partial charge in [0.05, 0.1) is 5.69 Å². The van der Waals surface area contributed by atoms with Gasteiger partial charge in [0, 0.05) is 16.6 Å². The Hall–Kier alpha value is -0.620. The van der Waals surface area contributed by atoms with Crippen LogP contribution in [-0.4, -0.2) is 17.6 Å². The van der Waals surface area contributed by atoms with Gasteiger partial charge in [0.15, 0.2) is 0 Å². The number of carbonyl (C=O) groups excluding carboxylic acids is 1. The summed E-state index contributed by atoms with van der Waals surface area (Å²) in [6.45, 7) is 0.0549. The predicted molar refractivity (Wildman–Crippen MR) is 64.1 cm³/mol. The van der Waals surface area contributed by atoms with Gasteiger partial charge < -0.3 is 10.4 Å². The van der Waals surface area contributed by atoms with Crippen molar-refractivity contribution >= 4 is 34.2 Å². The second-order valence-electron chi connectivity index (χ2n) is 2.86. The van der Waals surface area contributed by atoms with E-state index < -0.39 is 0 Å². The molecule has 1 aromatic rings. The lowest BCUT2D eigenvalue weighted by atomic mass is 10.3. The van der Waals surface area contributed by atoms with E-state index in [9.17, 15) is 4.79 Å². The van der Waals surface area contributed by atoms with Crippen LogP contribution in [0.25, 0.3) is 0 Å². The number of benzene rings is 1. The van der Waals surface area contributed by atoms with Gasteiger partial charge >= 0.3 is 0 Å². The van der Waals surface area contributed by atoms with Crippen molar-refractivity contribution < 1.29 is 9.90 Å². The molecule has 0 saturated heterocycles. The number of hydrogen-bond donors (Lipinski definition) is 2. The second kappa shape index (κ2) is 5.98. The van der Waals surface area contributed by atoms with E-state index in [2.05, 4.69) is 27.9 Å². The van der Waals surface area contributed by atoms with E-state index in [1.54, 1.807) is 0 Å². The lowest BCUT2D eigenvalue weighted by Crippen LogP contribution is -2.12. The van der Waals surface area contributed by atoms with Crippen molar-refractivity contribution in [1.82, 2.24) is 0 Å². The maximum absolute atomic E-state index is 11.3. The van der Waals surface area contributed by atoms with Crippen LogP contribution >= 0.6 is 22.6 Å². The first-order chi connectivity index (χ1) is 6.74. The first-order valence-corrected chi connectivity index (χ1v) is 5.47. The molecule has 2 N–H and O–H groups in total. The molecule has 0 unspecified atom stereocenters. The fraction of sp³-hybridized carbons (Fsp3) is 0.300. The smallest absolute Gasteiger partial charge is 0.224 e. The molecule has 0 aliphatic heterocycles. The lowest BCUT2D eigenvalue weighted by molar-refractivity contribution is -0.116. The zero-order valence-corrected chi connectivity index (χ0v) is 9.82. The number of rotatable bonds is 4. The summed E-state index contributed by atoms with van der Waals surface area (Å²) in [5.41, 5.74) is 0.830. The molecular formula is C10H12INO2. The van der Waals surface area contributed by atoms with Crippen LogP contribution in [0.3, 0.4) is 0 Å². The third-order valence-corrected chi connectivity index (χ3v) is 2.65. The fourth-order valence-electron chi connectivity index (χ4n) is 1.01. The Labute approximate surface area is 96.7 Å². The first kappa shape index (κ1) is 11.5. The van der Waals surface area contributed by atoms with E-state index in [0.717, 1.165) is 9.26 Å². The van der Waals surface area contributed by atoms with Gasteiger partial charge in [-0.05, 0) is 41.1 Å². The maximum atomic E-state index is 11.3. The summed E-state index contributed by atoms with van der Waals surface area (Å²) in [4.78, 5) is 11.3. The molecular weight excluding hydrogens is 293 g/mol. The third kappa shape index (κ3) is 3.63. The van der Waals surface area contributed by atoms with Crippen molar-refractivity contribution in [1.29, 1.82) is 0 Å². The van der Waals surface area contributed by atoms with Crippen molar-refractivity contribution in [2.45, 2.75) is 12.8 Å². The molecule has 14 heavy (non-hydrogen) atoms. The highest BCUT2D eigenvalue weighted by Gasteiger charge is 2.03. The van der Waals surface area contributed by atoms with Crippen LogP contribution < -0.4 is 5.32 Å². The van der Waals surface area contributed by atoms with Crippen molar-refractivity contribution in [3.63, 3.8) is 0 Å². The third-order valence-electron chi connectivity index (χ3n) is 1.71. The number of nitrogens with one attached hydrogen (secondary N) is 1. The molecule has 0 heterocycles. The van der Waals surface area contributed by atoms with Gasteiger partial charge in [-0.2, -0.15) is 0 Å². The van der Waals surface area contributed by atoms with Gasteiger partial charge in [-0.3, -0.25) is 4.79 Å². The molecule has 0 saturated carbocycles. The normalized spacial score (nSPS) is 9.86. The summed E-state index contributed by atoms with van der Waals surface area (Å²) in [5.74, 6) is -0.0526. The summed E-state index contributed by atoms with van der Waals surface area (Å²) in [5, 5.41) is 11.3. The van der Waals surface area contributed by atoms with Gasteiger partial charge in [-0.25, -0.2) is 0 Å². The summed E-state index contributed by atoms with van der Waals surface area (Å²) in [6.07, 6.45) is 0.872. The van der Waals surface area contributed by atoms with Crippen LogP contribution in [-0.2, 0) is 4.79 Å². The number of para-hydroxylation sites is 1. The highest BCUT2D eigenvalue weighted by Crippen LogP contribution is 2.16. The van der Waals surface area contributed by atoms with Crippen molar-refractivity contribution in [3.8, 4) is 0 Å². The standard InChI is InChI=1S/C10H12INO2/c11-8-4-1-2-5-9(8)12-10(14)6-3-7-13/h1-2,4-5,13H,3,6-7H2,(H,12,14). The van der Waals surface area contributed by atoms with Crippen LogP contribution in [0.4, 0.5) is 5.69 Å². The zero-order chi connectivity index (χ0) is 10.4. The molecule has 3 nitrogen and oxygen atoms in total. The van der Waals surface area contributed by atoms with E-state index in [-0.39, 0.29) is 12.5 Å². The number of carbonyl (C=O) groups is 1. The SMILES string of the molecule is O=C(CCCO)Nc1ccccc1I. The summed E-state index contributed by atoms with van der Waals surface area (Å²) < 4.78 is 1.02. The zero-order valence-electron chi connectivity index (χ0n) is 7.66. The Morgan fingerprint density at radius 1 is 1.43 bits per heavy atom. The van der Waals surface area contributed by atoms with E-state index in [0.29, 0.717) is 12.8 Å². The molecule has 1 rings (SSSR count). The number of aliphatic hydroxyl groups is 1. The predicted octanol–water partition coefficient (Wildman–Crippen LogP) is 2.00. The van der Waals surface area contributed by atoms with Crippen molar-refractivity contribution in [3.05, 3.63) is 27.8 Å². The average Bonchev–Trinajstić information content (AvgIpc) is 2.18. The monoisotopic (exact) mass is 305 g/mol. The molecule has 0 atom stereocenters. The van der Waals surface area contributed by atoms with Gasteiger partial charge in [0.2, 0.25) is 5.91 Å². The minimum atomic E-state index is -0.0526. The van der Waals surface area contributed by atoms with Crippen LogP contribution in [0.1, 0.15) is 12.8 Å². The highest BCUT2D eigenvalue weighted by atomic mass is 127. The molecule has 4 heteroatoms. The number of hydrogen-bond acceptors (Lipinski definition) is 2. The molecule has 0 bridgehead atoms. The molecule has 1 amide bonds. The van der Waals surface area contributed by atoms with Crippen molar-refractivity contribution in [2.75, 3.05) is 11.9 Å². The summed E-state index contributed by atoms with van der Waals surface area (Å²) in [6, 6.07) is 7.59. The van der Waals surface area contributed by atoms with E-state index in [1.165, 1.54) is 0 Å². The largest absolute Gasteiger partial charge is 0.396 e. The Bertz CT molecular complexity index is 315. The highest BCUT2D eigenvalue weighted by molar-refractivity contribution is 14.1. The molecule has 0 aliphatic carbocycles. The summed E-state index contributed by atoms with van der Waals surface area (Å²) >= 11 is 2.17. The van der Waals surface area contributed by atoms with E-state index >= 15 is 0 Å². The second-order valence-corrected chi connectivity index (χ2v) is 4.02. The van der Waals surface area contributed by atoms with Crippen LogP contribution in [0.2, 0.25) is 0 Å². The minimum absolute atomic E-state index is 0.0526. The van der Waals surface area contributed by atoms with Crippen LogP contribution in [0, 0.1) is 3.57 Å². The Balaban J connectivity index is 2.52. The fourth-order valence-corrected chi connectivity index (χ4v) is 1.54. The molecule has 0 aromatic heterocycles. The number of anilines is 1. The average molecular weight is 305 g/mol. The molecule has 76 valence electrons. The van der Waals surface area contributed by atoms with Gasteiger partial charge in [-0.15, -0.1) is 0 Å². The van der Waals surface area contributed by atoms with Gasteiger partial charge in [0.25, 0.3) is 0 Å². The van der Waals surface area contributed by atoms with Crippen molar-refractivity contribution in [2.24, 2.45) is 0 Å². The number of aliphatic hydroxyl groups excluding tert-OH is 1. The summed E-state index contributed by atoms with van der Waals surface area (Å²) in [7, 11) is 0. The quantitative estimate of drug-likeness (QED) is 0.836. The molecule has 0 aliphatic rings. The number of halogens is 1. The van der Waals surface area contributed by atoms with Gasteiger partial charge in [-0.1, -0.05) is 12.1 Å².